The highest BCUT2D eigenvalue weighted by Crippen LogP contribution is 2.17. The molecule has 0 radical (unpaired) electrons. The van der Waals surface area contributed by atoms with E-state index in [1.807, 2.05) is 12.4 Å². The lowest BCUT2D eigenvalue weighted by Gasteiger charge is -2.33. The van der Waals surface area contributed by atoms with Crippen LogP contribution in [0, 0.1) is 0 Å². The smallest absolute Gasteiger partial charge is 0.222 e. The molecule has 0 aliphatic carbocycles. The summed E-state index contributed by atoms with van der Waals surface area (Å²) >= 11 is 0. The monoisotopic (exact) mass is 320 g/mol. The fourth-order valence-electron chi connectivity index (χ4n) is 3.32. The number of nitrogens with one attached hydrogen (secondary N) is 1. The highest BCUT2D eigenvalue weighted by Gasteiger charge is 2.20. The fraction of sp³-hybridized carbons (Fsp3) is 0.765. The van der Waals surface area contributed by atoms with Gasteiger partial charge in [-0.15, -0.1) is 0 Å². The van der Waals surface area contributed by atoms with Crippen molar-refractivity contribution in [2.45, 2.75) is 51.3 Å². The number of anilines is 1. The molecule has 6 nitrogen and oxygen atoms in total. The van der Waals surface area contributed by atoms with Gasteiger partial charge >= 0.3 is 0 Å². The van der Waals surface area contributed by atoms with Gasteiger partial charge in [-0.05, 0) is 32.2 Å². The van der Waals surface area contributed by atoms with E-state index in [4.69, 9.17) is 9.47 Å². The van der Waals surface area contributed by atoms with Crippen LogP contribution in [0.15, 0.2) is 12.4 Å². The molecular weight excluding hydrogens is 292 g/mol. The summed E-state index contributed by atoms with van der Waals surface area (Å²) in [6.07, 6.45) is 8.71. The second-order valence-electron chi connectivity index (χ2n) is 6.34. The molecule has 0 bridgehead atoms. The zero-order valence-electron chi connectivity index (χ0n) is 14.0. The van der Waals surface area contributed by atoms with Gasteiger partial charge in [0.15, 0.2) is 0 Å². The van der Waals surface area contributed by atoms with Crippen LogP contribution in [0.25, 0.3) is 0 Å². The van der Waals surface area contributed by atoms with Crippen molar-refractivity contribution < 1.29 is 9.47 Å². The maximum absolute atomic E-state index is 5.60. The summed E-state index contributed by atoms with van der Waals surface area (Å²) in [5.74, 6) is 0.693. The maximum Gasteiger partial charge on any atom is 0.222 e. The van der Waals surface area contributed by atoms with Gasteiger partial charge in [-0.2, -0.15) is 0 Å². The van der Waals surface area contributed by atoms with Gasteiger partial charge in [0, 0.05) is 56.9 Å². The number of nitrogens with zero attached hydrogens (tertiary/aromatic N) is 3. The quantitative estimate of drug-likeness (QED) is 0.830. The Balaban J connectivity index is 1.49. The Kier molecular flexibility index (Phi) is 6.19. The van der Waals surface area contributed by atoms with Crippen molar-refractivity contribution in [3.63, 3.8) is 0 Å². The van der Waals surface area contributed by atoms with Crippen LogP contribution in [0.5, 0.6) is 0 Å². The minimum absolute atomic E-state index is 0.308. The second-order valence-corrected chi connectivity index (χ2v) is 6.34. The fourth-order valence-corrected chi connectivity index (χ4v) is 3.32. The molecule has 1 aromatic rings. The molecule has 1 N–H and O–H groups in total. The average Bonchev–Trinajstić information content (AvgIpc) is 3.13. The molecule has 0 amide bonds. The Morgan fingerprint density at radius 2 is 1.96 bits per heavy atom. The van der Waals surface area contributed by atoms with E-state index >= 15 is 0 Å². The van der Waals surface area contributed by atoms with E-state index in [0.717, 1.165) is 65.1 Å². The minimum atomic E-state index is 0.308. The van der Waals surface area contributed by atoms with Crippen LogP contribution in [0.3, 0.4) is 0 Å². The standard InChI is InChI=1S/C17H28N4O2/c1-2-21(15-5-8-22-9-6-15)13-14-10-18-17(19-11-14)20-12-16-4-3-7-23-16/h10-11,15-16H,2-9,12-13H2,1H3,(H,18,19,20)/t16-/m1/s1. The van der Waals surface area contributed by atoms with Crippen molar-refractivity contribution in [2.75, 3.05) is 38.2 Å². The number of ether oxygens (including phenoxy) is 2. The molecule has 2 aliphatic rings. The predicted molar refractivity (Wildman–Crippen MR) is 89.4 cm³/mol. The molecule has 0 spiro atoms. The van der Waals surface area contributed by atoms with Crippen LogP contribution in [0.2, 0.25) is 0 Å². The molecular formula is C17H28N4O2. The summed E-state index contributed by atoms with van der Waals surface area (Å²) < 4.78 is 11.1. The predicted octanol–water partition coefficient (Wildman–Crippen LogP) is 2.07. The summed E-state index contributed by atoms with van der Waals surface area (Å²) in [6.45, 7) is 7.60. The normalized spacial score (nSPS) is 22.6. The first-order valence-electron chi connectivity index (χ1n) is 8.83. The van der Waals surface area contributed by atoms with Crippen molar-refractivity contribution in [1.29, 1.82) is 0 Å². The summed E-state index contributed by atoms with van der Waals surface area (Å²) in [7, 11) is 0. The molecule has 128 valence electrons. The van der Waals surface area contributed by atoms with Crippen molar-refractivity contribution >= 4 is 5.95 Å². The third-order valence-electron chi connectivity index (χ3n) is 4.72. The average molecular weight is 320 g/mol. The van der Waals surface area contributed by atoms with Crippen LogP contribution in [-0.4, -0.2) is 59.9 Å². The molecule has 0 aromatic carbocycles. The molecule has 6 heteroatoms. The molecule has 1 aromatic heterocycles. The Bertz CT molecular complexity index is 456. The van der Waals surface area contributed by atoms with Crippen LogP contribution >= 0.6 is 0 Å². The third-order valence-corrected chi connectivity index (χ3v) is 4.72. The molecule has 0 unspecified atom stereocenters. The molecule has 0 saturated carbocycles. The second kappa shape index (κ2) is 8.57. The van der Waals surface area contributed by atoms with Crippen LogP contribution < -0.4 is 5.32 Å². The zero-order valence-corrected chi connectivity index (χ0v) is 14.0. The highest BCUT2D eigenvalue weighted by atomic mass is 16.5. The van der Waals surface area contributed by atoms with Gasteiger partial charge in [0.25, 0.3) is 0 Å². The molecule has 2 aliphatic heterocycles. The van der Waals surface area contributed by atoms with Gasteiger partial charge in [0.1, 0.15) is 0 Å². The highest BCUT2D eigenvalue weighted by molar-refractivity contribution is 5.25. The number of rotatable bonds is 7. The van der Waals surface area contributed by atoms with E-state index in [1.165, 1.54) is 5.56 Å². The molecule has 2 fully saturated rings. The van der Waals surface area contributed by atoms with E-state index in [1.54, 1.807) is 0 Å². The van der Waals surface area contributed by atoms with Crippen molar-refractivity contribution in [2.24, 2.45) is 0 Å². The minimum Gasteiger partial charge on any atom is -0.381 e. The molecule has 1 atom stereocenters. The summed E-state index contributed by atoms with van der Waals surface area (Å²) in [6, 6.07) is 0.617. The van der Waals surface area contributed by atoms with Gasteiger partial charge < -0.3 is 14.8 Å². The van der Waals surface area contributed by atoms with E-state index in [-0.39, 0.29) is 0 Å². The van der Waals surface area contributed by atoms with E-state index in [9.17, 15) is 0 Å². The van der Waals surface area contributed by atoms with Gasteiger partial charge in [-0.1, -0.05) is 6.92 Å². The molecule has 3 rings (SSSR count). The van der Waals surface area contributed by atoms with E-state index < -0.39 is 0 Å². The van der Waals surface area contributed by atoms with Crippen molar-refractivity contribution in [1.82, 2.24) is 14.9 Å². The lowest BCUT2D eigenvalue weighted by Crippen LogP contribution is -2.38. The topological polar surface area (TPSA) is 59.5 Å². The first-order valence-corrected chi connectivity index (χ1v) is 8.83. The Labute approximate surface area is 138 Å². The molecule has 23 heavy (non-hydrogen) atoms. The first kappa shape index (κ1) is 16.6. The Morgan fingerprint density at radius 3 is 2.61 bits per heavy atom. The summed E-state index contributed by atoms with van der Waals surface area (Å²) in [5, 5.41) is 3.27. The van der Waals surface area contributed by atoms with Crippen molar-refractivity contribution in [3.05, 3.63) is 18.0 Å². The first-order chi connectivity index (χ1) is 11.3. The Morgan fingerprint density at radius 1 is 1.17 bits per heavy atom. The SMILES string of the molecule is CCN(Cc1cnc(NC[C@H]2CCCO2)nc1)C1CCOCC1. The lowest BCUT2D eigenvalue weighted by atomic mass is 10.1. The van der Waals surface area contributed by atoms with Gasteiger partial charge in [-0.3, -0.25) is 4.90 Å². The Hall–Kier alpha value is -1.24. The summed E-state index contributed by atoms with van der Waals surface area (Å²) in [5.41, 5.74) is 1.17. The largest absolute Gasteiger partial charge is 0.381 e. The zero-order chi connectivity index (χ0) is 15.9. The molecule has 3 heterocycles. The van der Waals surface area contributed by atoms with Crippen LogP contribution in [0.1, 0.15) is 38.2 Å². The van der Waals surface area contributed by atoms with Gasteiger partial charge in [0.05, 0.1) is 6.10 Å². The lowest BCUT2D eigenvalue weighted by molar-refractivity contribution is 0.0329. The third kappa shape index (κ3) is 4.86. The number of aromatic nitrogens is 2. The van der Waals surface area contributed by atoms with Crippen LogP contribution in [0.4, 0.5) is 5.95 Å². The maximum atomic E-state index is 5.60. The van der Waals surface area contributed by atoms with Crippen molar-refractivity contribution in [3.8, 4) is 0 Å². The number of hydrogen-bond acceptors (Lipinski definition) is 6. The van der Waals surface area contributed by atoms with E-state index in [2.05, 4.69) is 27.1 Å². The van der Waals surface area contributed by atoms with Gasteiger partial charge in [0.2, 0.25) is 5.95 Å². The number of hydrogen-bond donors (Lipinski definition) is 1. The summed E-state index contributed by atoms with van der Waals surface area (Å²) in [4.78, 5) is 11.4. The van der Waals surface area contributed by atoms with Crippen LogP contribution in [-0.2, 0) is 16.0 Å². The molecule has 2 saturated heterocycles. The van der Waals surface area contributed by atoms with E-state index in [0.29, 0.717) is 18.1 Å². The van der Waals surface area contributed by atoms with Gasteiger partial charge in [-0.25, -0.2) is 9.97 Å².